The number of hydrogen-bond acceptors (Lipinski definition) is 4. The number of Topliss-reactive ketones (excluding diaryl/α,β-unsaturated/α-hetero) is 1. The molecule has 0 saturated carbocycles. The number of rotatable bonds is 7. The molecule has 3 aromatic rings. The first-order chi connectivity index (χ1) is 16.4. The molecule has 2 atom stereocenters. The third-order valence-electron chi connectivity index (χ3n) is 5.90. The number of aliphatic hydroxyl groups is 1. The van der Waals surface area contributed by atoms with E-state index in [0.717, 1.165) is 4.90 Å². The van der Waals surface area contributed by atoms with Crippen molar-refractivity contribution in [3.63, 3.8) is 0 Å². The second kappa shape index (κ2) is 9.70. The Morgan fingerprint density at radius 1 is 0.882 bits per heavy atom. The van der Waals surface area contributed by atoms with E-state index >= 15 is 0 Å². The van der Waals surface area contributed by atoms with Crippen LogP contribution in [-0.4, -0.2) is 39.3 Å². The summed E-state index contributed by atoms with van der Waals surface area (Å²) in [5.41, 5.74) is 0.791. The lowest BCUT2D eigenvalue weighted by Crippen LogP contribution is -2.34. The third kappa shape index (κ3) is 4.45. The molecule has 34 heavy (non-hydrogen) atoms. The number of aliphatic hydroxyl groups excluding tert-OH is 1. The van der Waals surface area contributed by atoms with Crippen molar-refractivity contribution in [2.24, 2.45) is 0 Å². The van der Waals surface area contributed by atoms with Gasteiger partial charge in [0.15, 0.2) is 0 Å². The van der Waals surface area contributed by atoms with Gasteiger partial charge in [0.1, 0.15) is 11.6 Å². The van der Waals surface area contributed by atoms with E-state index in [1.54, 1.807) is 66.7 Å². The van der Waals surface area contributed by atoms with Crippen molar-refractivity contribution in [2.45, 2.75) is 18.4 Å². The van der Waals surface area contributed by atoms with Crippen LogP contribution in [0.1, 0.15) is 35.1 Å². The molecule has 1 amide bonds. The molecular formula is C27H22FNO5. The van der Waals surface area contributed by atoms with Crippen molar-refractivity contribution in [1.29, 1.82) is 0 Å². The van der Waals surface area contributed by atoms with Crippen LogP contribution in [0.3, 0.4) is 0 Å². The number of halogens is 1. The smallest absolute Gasteiger partial charge is 0.304 e. The van der Waals surface area contributed by atoms with Crippen molar-refractivity contribution in [2.75, 3.05) is 6.54 Å². The van der Waals surface area contributed by atoms with Gasteiger partial charge in [0.25, 0.3) is 11.7 Å². The number of likely N-dealkylation sites (tertiary alicyclic amines) is 1. The van der Waals surface area contributed by atoms with Gasteiger partial charge in [-0.1, -0.05) is 78.9 Å². The number of benzene rings is 3. The molecule has 0 aliphatic carbocycles. The van der Waals surface area contributed by atoms with E-state index in [1.807, 2.05) is 0 Å². The first kappa shape index (κ1) is 22.9. The minimum Gasteiger partial charge on any atom is -0.507 e. The van der Waals surface area contributed by atoms with Gasteiger partial charge in [-0.15, -0.1) is 0 Å². The fourth-order valence-corrected chi connectivity index (χ4v) is 4.30. The zero-order chi connectivity index (χ0) is 24.2. The molecule has 7 heteroatoms. The molecule has 0 radical (unpaired) electrons. The monoisotopic (exact) mass is 459 g/mol. The number of nitrogens with zero attached hydrogens (tertiary/aromatic N) is 1. The van der Waals surface area contributed by atoms with E-state index in [9.17, 15) is 29.0 Å². The molecule has 172 valence electrons. The van der Waals surface area contributed by atoms with Crippen molar-refractivity contribution < 1.29 is 29.0 Å². The second-order valence-electron chi connectivity index (χ2n) is 8.04. The molecule has 0 bridgehead atoms. The summed E-state index contributed by atoms with van der Waals surface area (Å²) in [6.45, 7) is -0.147. The fraction of sp³-hybridized carbons (Fsp3) is 0.148. The maximum Gasteiger partial charge on any atom is 0.304 e. The van der Waals surface area contributed by atoms with Gasteiger partial charge < -0.3 is 15.1 Å². The van der Waals surface area contributed by atoms with Crippen molar-refractivity contribution in [3.05, 3.63) is 113 Å². The summed E-state index contributed by atoms with van der Waals surface area (Å²) >= 11 is 0. The lowest BCUT2D eigenvalue weighted by Gasteiger charge is -2.29. The number of amides is 1. The highest BCUT2D eigenvalue weighted by atomic mass is 19.1. The zero-order valence-corrected chi connectivity index (χ0v) is 18.1. The SMILES string of the molecule is O=C(O)C[C@@H](CN1C(=O)C(=O)C(=C(O)c2ccccc2)[C@H]1c1ccccc1F)c1ccccc1. The van der Waals surface area contributed by atoms with Crippen molar-refractivity contribution in [1.82, 2.24) is 4.90 Å². The highest BCUT2D eigenvalue weighted by molar-refractivity contribution is 6.46. The Morgan fingerprint density at radius 3 is 2.09 bits per heavy atom. The maximum absolute atomic E-state index is 14.9. The van der Waals surface area contributed by atoms with Crippen molar-refractivity contribution >= 4 is 23.4 Å². The summed E-state index contributed by atoms with van der Waals surface area (Å²) in [6, 6.07) is 21.5. The molecule has 1 aliphatic rings. The minimum absolute atomic E-state index is 0.0429. The van der Waals surface area contributed by atoms with E-state index in [0.29, 0.717) is 11.1 Å². The van der Waals surface area contributed by atoms with Crippen LogP contribution in [-0.2, 0) is 14.4 Å². The van der Waals surface area contributed by atoms with Crippen LogP contribution in [0.5, 0.6) is 0 Å². The molecule has 6 nitrogen and oxygen atoms in total. The van der Waals surface area contributed by atoms with Gasteiger partial charge in [0, 0.05) is 23.6 Å². The lowest BCUT2D eigenvalue weighted by atomic mass is 9.92. The summed E-state index contributed by atoms with van der Waals surface area (Å²) < 4.78 is 14.9. The molecule has 0 aromatic heterocycles. The van der Waals surface area contributed by atoms with E-state index in [1.165, 1.54) is 18.2 Å². The first-order valence-corrected chi connectivity index (χ1v) is 10.7. The number of carbonyl (C=O) groups excluding carboxylic acids is 2. The van der Waals surface area contributed by atoms with Gasteiger partial charge in [-0.3, -0.25) is 14.4 Å². The number of hydrogen-bond donors (Lipinski definition) is 2. The van der Waals surface area contributed by atoms with Gasteiger partial charge in [0.05, 0.1) is 18.0 Å². The largest absolute Gasteiger partial charge is 0.507 e. The molecular weight excluding hydrogens is 437 g/mol. The van der Waals surface area contributed by atoms with Crippen LogP contribution in [0.25, 0.3) is 5.76 Å². The van der Waals surface area contributed by atoms with Gasteiger partial charge in [0.2, 0.25) is 0 Å². The summed E-state index contributed by atoms with van der Waals surface area (Å²) in [5, 5.41) is 20.5. The highest BCUT2D eigenvalue weighted by Crippen LogP contribution is 2.41. The summed E-state index contributed by atoms with van der Waals surface area (Å²) in [6.07, 6.45) is -0.296. The summed E-state index contributed by atoms with van der Waals surface area (Å²) in [4.78, 5) is 39.0. The Balaban J connectivity index is 1.85. The highest BCUT2D eigenvalue weighted by Gasteiger charge is 2.47. The van der Waals surface area contributed by atoms with Crippen LogP contribution < -0.4 is 0 Å². The van der Waals surface area contributed by atoms with Gasteiger partial charge in [-0.25, -0.2) is 4.39 Å². The predicted octanol–water partition coefficient (Wildman–Crippen LogP) is 4.51. The van der Waals surface area contributed by atoms with Crippen molar-refractivity contribution in [3.8, 4) is 0 Å². The Kier molecular flexibility index (Phi) is 6.54. The molecule has 2 N–H and O–H groups in total. The zero-order valence-electron chi connectivity index (χ0n) is 18.1. The predicted molar refractivity (Wildman–Crippen MR) is 123 cm³/mol. The van der Waals surface area contributed by atoms with Gasteiger partial charge in [-0.05, 0) is 11.6 Å². The average molecular weight is 459 g/mol. The average Bonchev–Trinajstić information content (AvgIpc) is 3.09. The Morgan fingerprint density at radius 2 is 1.47 bits per heavy atom. The topological polar surface area (TPSA) is 94.9 Å². The molecule has 4 rings (SSSR count). The normalized spacial score (nSPS) is 18.1. The number of carboxylic acid groups (broad SMARTS) is 1. The minimum atomic E-state index is -1.21. The molecule has 3 aromatic carbocycles. The van der Waals surface area contributed by atoms with Crippen LogP contribution in [0.15, 0.2) is 90.5 Å². The van der Waals surface area contributed by atoms with E-state index in [2.05, 4.69) is 0 Å². The molecule has 1 saturated heterocycles. The molecule has 0 unspecified atom stereocenters. The maximum atomic E-state index is 14.9. The number of ketones is 1. The number of carboxylic acids is 1. The number of carbonyl (C=O) groups is 3. The fourth-order valence-electron chi connectivity index (χ4n) is 4.30. The van der Waals surface area contributed by atoms with E-state index < -0.39 is 41.2 Å². The Labute approximate surface area is 195 Å². The third-order valence-corrected chi connectivity index (χ3v) is 5.90. The van der Waals surface area contributed by atoms with Crippen LogP contribution in [0.2, 0.25) is 0 Å². The van der Waals surface area contributed by atoms with E-state index in [-0.39, 0.29) is 24.1 Å². The summed E-state index contributed by atoms with van der Waals surface area (Å²) in [7, 11) is 0. The van der Waals surface area contributed by atoms with Crippen LogP contribution >= 0.6 is 0 Å². The van der Waals surface area contributed by atoms with Crippen LogP contribution in [0, 0.1) is 5.82 Å². The molecule has 0 spiro atoms. The van der Waals surface area contributed by atoms with Crippen LogP contribution in [0.4, 0.5) is 4.39 Å². The molecule has 1 aliphatic heterocycles. The second-order valence-corrected chi connectivity index (χ2v) is 8.04. The Hall–Kier alpha value is -4.26. The lowest BCUT2D eigenvalue weighted by molar-refractivity contribution is -0.141. The van der Waals surface area contributed by atoms with E-state index in [4.69, 9.17) is 0 Å². The quantitative estimate of drug-likeness (QED) is 0.308. The Bertz CT molecular complexity index is 1260. The molecule has 1 fully saturated rings. The van der Waals surface area contributed by atoms with Gasteiger partial charge >= 0.3 is 5.97 Å². The number of aliphatic carboxylic acids is 1. The standard InChI is InChI=1S/C27H22FNO5/c28-21-14-8-7-13-20(21)24-23(25(32)18-11-5-2-6-12-18)26(33)27(34)29(24)16-19(15-22(30)31)17-9-3-1-4-10-17/h1-14,19,24,32H,15-16H2,(H,30,31)/t19-,24+/m0/s1. The molecule has 1 heterocycles. The summed E-state index contributed by atoms with van der Waals surface area (Å²) in [5.74, 6) is -4.65. The van der Waals surface area contributed by atoms with Gasteiger partial charge in [-0.2, -0.15) is 0 Å². The first-order valence-electron chi connectivity index (χ1n) is 10.7.